The zero-order chi connectivity index (χ0) is 20.7. The number of thiophene rings is 1. The summed E-state index contributed by atoms with van der Waals surface area (Å²) in [4.78, 5) is 21.7. The number of carbonyl (C=O) groups is 1. The fourth-order valence-corrected chi connectivity index (χ4v) is 4.50. The van der Waals surface area contributed by atoms with Gasteiger partial charge in [-0.25, -0.2) is 9.37 Å². The third-order valence-electron chi connectivity index (χ3n) is 5.33. The number of halogens is 1. The van der Waals surface area contributed by atoms with Crippen LogP contribution in [0, 0.1) is 0 Å². The molecule has 0 atom stereocenters. The molecule has 8 heteroatoms. The molecule has 0 saturated heterocycles. The van der Waals surface area contributed by atoms with E-state index >= 15 is 0 Å². The number of carbonyl (C=O) groups excluding carboxylic acids is 1. The highest BCUT2D eigenvalue weighted by molar-refractivity contribution is 7.17. The number of nitrogens with one attached hydrogen (secondary N) is 1. The second-order valence-electron chi connectivity index (χ2n) is 7.64. The summed E-state index contributed by atoms with van der Waals surface area (Å²) >= 11 is 1.61. The van der Waals surface area contributed by atoms with E-state index in [4.69, 9.17) is 0 Å². The third-order valence-corrected chi connectivity index (χ3v) is 6.31. The van der Waals surface area contributed by atoms with Crippen molar-refractivity contribution >= 4 is 27.5 Å². The molecule has 6 nitrogen and oxygen atoms in total. The van der Waals surface area contributed by atoms with E-state index in [1.165, 1.54) is 0 Å². The van der Waals surface area contributed by atoms with Crippen molar-refractivity contribution in [2.24, 2.45) is 7.05 Å². The lowest BCUT2D eigenvalue weighted by Gasteiger charge is -2.30. The molecule has 1 amide bonds. The Hall–Kier alpha value is -3.13. The molecule has 1 aliphatic rings. The van der Waals surface area contributed by atoms with Gasteiger partial charge in [-0.2, -0.15) is 5.10 Å². The first-order chi connectivity index (χ1) is 14.5. The molecule has 4 heterocycles. The molecule has 0 bridgehead atoms. The number of aryl methyl sites for hydroxylation is 1. The van der Waals surface area contributed by atoms with Crippen LogP contribution >= 0.6 is 11.3 Å². The van der Waals surface area contributed by atoms with Gasteiger partial charge < -0.3 is 5.32 Å². The average Bonchev–Trinajstić information content (AvgIpc) is 3.36. The van der Waals surface area contributed by atoms with Crippen molar-refractivity contribution in [3.8, 4) is 11.4 Å². The molecule has 0 spiro atoms. The summed E-state index contributed by atoms with van der Waals surface area (Å²) in [5.74, 6) is -0.245. The number of rotatable bonds is 5. The van der Waals surface area contributed by atoms with E-state index in [9.17, 15) is 9.18 Å². The van der Waals surface area contributed by atoms with Crippen LogP contribution < -0.4 is 5.32 Å². The number of alkyl halides is 1. The normalized spacial score (nSPS) is 18.3. The highest BCUT2D eigenvalue weighted by atomic mass is 32.1. The van der Waals surface area contributed by atoms with Gasteiger partial charge in [0.05, 0.1) is 15.9 Å². The smallest absolute Gasteiger partial charge is 0.270 e. The van der Waals surface area contributed by atoms with Crippen LogP contribution in [0.25, 0.3) is 21.6 Å². The standard InChI is InChI=1S/C22H20FN5OS/c1-28-6-4-18(27-28)17-3-2-13(12-24-17)8-14-9-20(26-19-5-7-30-21(14)19)22(29)25-16-10-15(23)11-16/h2-7,9,12,15-16H,8,10-11H2,1H3,(H,25,29). The highest BCUT2D eigenvalue weighted by Gasteiger charge is 2.30. The van der Waals surface area contributed by atoms with Gasteiger partial charge in [-0.05, 0) is 53.6 Å². The summed E-state index contributed by atoms with van der Waals surface area (Å²) in [5.41, 5.74) is 4.90. The minimum atomic E-state index is -0.806. The number of aromatic nitrogens is 4. The van der Waals surface area contributed by atoms with Gasteiger partial charge in [0.1, 0.15) is 17.6 Å². The van der Waals surface area contributed by atoms with Gasteiger partial charge in [0.15, 0.2) is 0 Å². The molecule has 1 N–H and O–H groups in total. The lowest BCUT2D eigenvalue weighted by Crippen LogP contribution is -2.45. The molecule has 0 radical (unpaired) electrons. The maximum atomic E-state index is 13.1. The monoisotopic (exact) mass is 421 g/mol. The predicted molar refractivity (Wildman–Crippen MR) is 114 cm³/mol. The summed E-state index contributed by atoms with van der Waals surface area (Å²) in [6, 6.07) is 9.59. The predicted octanol–water partition coefficient (Wildman–Crippen LogP) is 3.91. The maximum Gasteiger partial charge on any atom is 0.270 e. The quantitative estimate of drug-likeness (QED) is 0.530. The molecule has 5 rings (SSSR count). The molecule has 30 heavy (non-hydrogen) atoms. The first-order valence-corrected chi connectivity index (χ1v) is 10.7. The Labute approximate surface area is 176 Å². The Morgan fingerprint density at radius 1 is 1.27 bits per heavy atom. The van der Waals surface area contributed by atoms with E-state index in [0.717, 1.165) is 32.7 Å². The van der Waals surface area contributed by atoms with Gasteiger partial charge >= 0.3 is 0 Å². The van der Waals surface area contributed by atoms with Gasteiger partial charge in [-0.1, -0.05) is 6.07 Å². The summed E-state index contributed by atoms with van der Waals surface area (Å²) in [7, 11) is 1.88. The summed E-state index contributed by atoms with van der Waals surface area (Å²) in [6.07, 6.45) is 4.34. The Kier molecular flexibility index (Phi) is 4.78. The molecule has 0 aliphatic heterocycles. The van der Waals surface area contributed by atoms with Crippen LogP contribution in [0.1, 0.15) is 34.5 Å². The summed E-state index contributed by atoms with van der Waals surface area (Å²) in [5, 5.41) is 9.24. The Morgan fingerprint density at radius 2 is 2.13 bits per heavy atom. The van der Waals surface area contributed by atoms with E-state index < -0.39 is 6.17 Å². The molecule has 0 aromatic carbocycles. The highest BCUT2D eigenvalue weighted by Crippen LogP contribution is 2.28. The van der Waals surface area contributed by atoms with E-state index in [1.807, 2.05) is 55.2 Å². The first kappa shape index (κ1) is 18.9. The van der Waals surface area contributed by atoms with Crippen LogP contribution in [0.4, 0.5) is 4.39 Å². The molecular formula is C22H20FN5OS. The SMILES string of the molecule is Cn1ccc(-c2ccc(Cc3cc(C(=O)NC4CC(F)C4)nc4ccsc34)cn2)n1. The number of fused-ring (bicyclic) bond motifs is 1. The van der Waals surface area contributed by atoms with Crippen molar-refractivity contribution in [2.45, 2.75) is 31.5 Å². The average molecular weight is 422 g/mol. The van der Waals surface area contributed by atoms with Gasteiger partial charge in [-0.3, -0.25) is 14.5 Å². The lowest BCUT2D eigenvalue weighted by atomic mass is 9.90. The molecule has 1 fully saturated rings. The molecule has 4 aromatic heterocycles. The zero-order valence-corrected chi connectivity index (χ0v) is 17.2. The molecule has 0 unspecified atom stereocenters. The summed E-state index contributed by atoms with van der Waals surface area (Å²) < 4.78 is 15.9. The molecule has 1 saturated carbocycles. The van der Waals surface area contributed by atoms with E-state index in [-0.39, 0.29) is 11.9 Å². The van der Waals surface area contributed by atoms with Crippen LogP contribution in [0.15, 0.2) is 48.1 Å². The summed E-state index contributed by atoms with van der Waals surface area (Å²) in [6.45, 7) is 0. The largest absolute Gasteiger partial charge is 0.348 e. The second kappa shape index (κ2) is 7.60. The third kappa shape index (κ3) is 3.70. The fraction of sp³-hybridized carbons (Fsp3) is 0.273. The van der Waals surface area contributed by atoms with Crippen LogP contribution in [0.3, 0.4) is 0 Å². The van der Waals surface area contributed by atoms with Crippen molar-refractivity contribution in [2.75, 3.05) is 0 Å². The van der Waals surface area contributed by atoms with Gasteiger partial charge in [0, 0.05) is 31.9 Å². The van der Waals surface area contributed by atoms with Crippen molar-refractivity contribution in [3.05, 3.63) is 64.9 Å². The van der Waals surface area contributed by atoms with E-state index in [0.29, 0.717) is 25.0 Å². The maximum absolute atomic E-state index is 13.1. The van der Waals surface area contributed by atoms with Gasteiger partial charge in [-0.15, -0.1) is 11.3 Å². The minimum Gasteiger partial charge on any atom is -0.348 e. The van der Waals surface area contributed by atoms with Gasteiger partial charge in [0.25, 0.3) is 5.91 Å². The molecular weight excluding hydrogens is 401 g/mol. The van der Waals surface area contributed by atoms with Crippen LogP contribution in [-0.2, 0) is 13.5 Å². The Bertz CT molecular complexity index is 1210. The van der Waals surface area contributed by atoms with Crippen molar-refractivity contribution < 1.29 is 9.18 Å². The van der Waals surface area contributed by atoms with E-state index in [2.05, 4.69) is 20.4 Å². The molecule has 152 valence electrons. The van der Waals surface area contributed by atoms with Crippen LogP contribution in [-0.4, -0.2) is 37.9 Å². The number of nitrogens with zero attached hydrogens (tertiary/aromatic N) is 4. The van der Waals surface area contributed by atoms with Crippen LogP contribution in [0.2, 0.25) is 0 Å². The first-order valence-electron chi connectivity index (χ1n) is 9.82. The Balaban J connectivity index is 1.39. The molecule has 1 aliphatic carbocycles. The van der Waals surface area contributed by atoms with Crippen molar-refractivity contribution in [3.63, 3.8) is 0 Å². The lowest BCUT2D eigenvalue weighted by molar-refractivity contribution is 0.0855. The molecule has 4 aromatic rings. The van der Waals surface area contributed by atoms with Gasteiger partial charge in [0.2, 0.25) is 0 Å². The number of amides is 1. The number of hydrogen-bond donors (Lipinski definition) is 1. The number of pyridine rings is 2. The zero-order valence-electron chi connectivity index (χ0n) is 16.4. The van der Waals surface area contributed by atoms with Crippen molar-refractivity contribution in [1.82, 2.24) is 25.1 Å². The fourth-order valence-electron chi connectivity index (χ4n) is 3.65. The minimum absolute atomic E-state index is 0.0979. The Morgan fingerprint density at radius 3 is 2.83 bits per heavy atom. The number of hydrogen-bond acceptors (Lipinski definition) is 5. The topological polar surface area (TPSA) is 72.7 Å². The second-order valence-corrected chi connectivity index (χ2v) is 8.56. The van der Waals surface area contributed by atoms with E-state index in [1.54, 1.807) is 16.0 Å². The van der Waals surface area contributed by atoms with Crippen molar-refractivity contribution in [1.29, 1.82) is 0 Å². The van der Waals surface area contributed by atoms with Crippen LogP contribution in [0.5, 0.6) is 0 Å².